The summed E-state index contributed by atoms with van der Waals surface area (Å²) >= 11 is 2.71. The highest BCUT2D eigenvalue weighted by Crippen LogP contribution is 2.26. The van der Waals surface area contributed by atoms with Crippen LogP contribution < -0.4 is 10.6 Å². The Morgan fingerprint density at radius 3 is 2.70 bits per heavy atom. The number of thioether (sulfide) groups is 1. The van der Waals surface area contributed by atoms with E-state index in [2.05, 4.69) is 25.8 Å². The van der Waals surface area contributed by atoms with Crippen molar-refractivity contribution in [3.05, 3.63) is 65.7 Å². The molecule has 0 unspecified atom stereocenters. The third-order valence-electron chi connectivity index (χ3n) is 4.73. The minimum Gasteiger partial charge on any atom is -0.351 e. The Bertz CT molecular complexity index is 1260. The van der Waals surface area contributed by atoms with Crippen LogP contribution in [-0.2, 0) is 17.8 Å². The number of halogens is 1. The van der Waals surface area contributed by atoms with E-state index >= 15 is 0 Å². The second-order valence-corrected chi connectivity index (χ2v) is 8.93. The summed E-state index contributed by atoms with van der Waals surface area (Å²) in [6, 6.07) is 13.5. The first kappa shape index (κ1) is 22.9. The molecule has 2 amide bonds. The second-order valence-electron chi connectivity index (χ2n) is 6.95. The largest absolute Gasteiger partial charge is 0.351 e. The van der Waals surface area contributed by atoms with Crippen LogP contribution in [0.15, 0.2) is 53.7 Å². The number of benzene rings is 2. The van der Waals surface area contributed by atoms with Gasteiger partial charge in [-0.3, -0.25) is 9.59 Å². The van der Waals surface area contributed by atoms with E-state index in [-0.39, 0.29) is 23.8 Å². The summed E-state index contributed by atoms with van der Waals surface area (Å²) in [7, 11) is 0. The van der Waals surface area contributed by atoms with Gasteiger partial charge in [-0.25, -0.2) is 9.37 Å². The van der Waals surface area contributed by atoms with Crippen LogP contribution >= 0.6 is 23.1 Å². The summed E-state index contributed by atoms with van der Waals surface area (Å²) < 4.78 is 16.6. The number of rotatable bonds is 9. The maximum Gasteiger partial charge on any atom is 0.254 e. The van der Waals surface area contributed by atoms with Crippen molar-refractivity contribution in [2.24, 2.45) is 0 Å². The van der Waals surface area contributed by atoms with Crippen molar-refractivity contribution in [3.8, 4) is 0 Å². The van der Waals surface area contributed by atoms with Crippen LogP contribution in [0.25, 0.3) is 10.2 Å². The summed E-state index contributed by atoms with van der Waals surface area (Å²) in [5.41, 5.74) is 0.854. The zero-order chi connectivity index (χ0) is 23.2. The number of para-hydroxylation sites is 1. The lowest BCUT2D eigenvalue weighted by molar-refractivity contribution is -0.113. The molecule has 33 heavy (non-hydrogen) atoms. The number of nitrogens with one attached hydrogen (secondary N) is 2. The van der Waals surface area contributed by atoms with E-state index in [1.807, 2.05) is 35.8 Å². The molecule has 2 aromatic heterocycles. The molecule has 0 bridgehead atoms. The normalized spacial score (nSPS) is 11.0. The van der Waals surface area contributed by atoms with Gasteiger partial charge in [-0.2, -0.15) is 0 Å². The first-order valence-electron chi connectivity index (χ1n) is 10.3. The van der Waals surface area contributed by atoms with E-state index in [1.54, 1.807) is 6.07 Å². The molecular formula is C22H21FN6O2S2. The molecule has 8 nitrogen and oxygen atoms in total. The van der Waals surface area contributed by atoms with E-state index < -0.39 is 11.7 Å². The van der Waals surface area contributed by atoms with Gasteiger partial charge in [0.05, 0.1) is 21.5 Å². The van der Waals surface area contributed by atoms with Crippen LogP contribution in [0.5, 0.6) is 0 Å². The molecule has 0 aliphatic carbocycles. The summed E-state index contributed by atoms with van der Waals surface area (Å²) in [5.74, 6) is -0.368. The number of amides is 2. The molecule has 2 N–H and O–H groups in total. The number of anilines is 1. The average Bonchev–Trinajstić information content (AvgIpc) is 3.40. The van der Waals surface area contributed by atoms with Crippen LogP contribution in [0, 0.1) is 5.82 Å². The summed E-state index contributed by atoms with van der Waals surface area (Å²) in [4.78, 5) is 28.9. The zero-order valence-electron chi connectivity index (χ0n) is 17.7. The molecule has 4 aromatic rings. The third-order valence-corrected chi connectivity index (χ3v) is 6.65. The molecule has 0 saturated carbocycles. The smallest absolute Gasteiger partial charge is 0.254 e. The molecule has 0 aliphatic rings. The average molecular weight is 485 g/mol. The summed E-state index contributed by atoms with van der Waals surface area (Å²) in [6.45, 7) is 2.86. The first-order chi connectivity index (χ1) is 16.0. The van der Waals surface area contributed by atoms with Gasteiger partial charge in [-0.15, -0.1) is 10.2 Å². The van der Waals surface area contributed by atoms with Crippen LogP contribution in [-0.4, -0.2) is 43.9 Å². The molecule has 2 heterocycles. The Morgan fingerprint density at radius 1 is 1.12 bits per heavy atom. The Hall–Kier alpha value is -3.31. The number of carbonyl (C=O) groups excluding carboxylic acids is 2. The van der Waals surface area contributed by atoms with E-state index in [0.717, 1.165) is 10.2 Å². The lowest BCUT2D eigenvalue weighted by Crippen LogP contribution is -2.27. The summed E-state index contributed by atoms with van der Waals surface area (Å²) in [6.07, 6.45) is 0.430. The van der Waals surface area contributed by atoms with Gasteiger partial charge in [0.25, 0.3) is 5.91 Å². The highest BCUT2D eigenvalue weighted by atomic mass is 32.2. The maximum absolute atomic E-state index is 13.7. The van der Waals surface area contributed by atoms with Crippen molar-refractivity contribution in [3.63, 3.8) is 0 Å². The van der Waals surface area contributed by atoms with E-state index in [1.165, 1.54) is 41.3 Å². The predicted octanol–water partition coefficient (Wildman–Crippen LogP) is 3.75. The molecule has 170 valence electrons. The SMILES string of the molecule is CCn1c(CCNC(=O)c2ccccc2F)nnc1SCC(=O)Nc1nc2ccccc2s1. The Kier molecular flexibility index (Phi) is 7.30. The van der Waals surface area contributed by atoms with Gasteiger partial charge >= 0.3 is 0 Å². The number of thiazole rings is 1. The van der Waals surface area contributed by atoms with Crippen LogP contribution in [0.1, 0.15) is 23.1 Å². The highest BCUT2D eigenvalue weighted by Gasteiger charge is 2.15. The second kappa shape index (κ2) is 10.5. The number of carbonyl (C=O) groups is 2. The molecule has 0 aliphatic heterocycles. The van der Waals surface area contributed by atoms with Crippen molar-refractivity contribution in [2.75, 3.05) is 17.6 Å². The third kappa shape index (κ3) is 5.55. The number of nitrogens with zero attached hydrogens (tertiary/aromatic N) is 4. The quantitative estimate of drug-likeness (QED) is 0.351. The molecule has 2 aromatic carbocycles. The van der Waals surface area contributed by atoms with Gasteiger partial charge in [0, 0.05) is 19.5 Å². The summed E-state index contributed by atoms with van der Waals surface area (Å²) in [5, 5.41) is 15.1. The van der Waals surface area contributed by atoms with E-state index in [4.69, 9.17) is 0 Å². The number of aromatic nitrogens is 4. The van der Waals surface area contributed by atoms with Crippen LogP contribution in [0.2, 0.25) is 0 Å². The van der Waals surface area contributed by atoms with Crippen molar-refractivity contribution in [1.82, 2.24) is 25.1 Å². The predicted molar refractivity (Wildman–Crippen MR) is 127 cm³/mol. The van der Waals surface area contributed by atoms with Crippen molar-refractivity contribution in [1.29, 1.82) is 0 Å². The molecule has 0 fully saturated rings. The highest BCUT2D eigenvalue weighted by molar-refractivity contribution is 7.99. The first-order valence-corrected chi connectivity index (χ1v) is 12.1. The minimum atomic E-state index is -0.561. The van der Waals surface area contributed by atoms with Gasteiger partial charge in [0.15, 0.2) is 10.3 Å². The van der Waals surface area contributed by atoms with Gasteiger partial charge in [-0.1, -0.05) is 47.4 Å². The molecule has 11 heteroatoms. The number of fused-ring (bicyclic) bond motifs is 1. The Morgan fingerprint density at radius 2 is 1.91 bits per heavy atom. The zero-order valence-corrected chi connectivity index (χ0v) is 19.4. The van der Waals surface area contributed by atoms with Gasteiger partial charge in [0.1, 0.15) is 11.6 Å². The van der Waals surface area contributed by atoms with Gasteiger partial charge in [-0.05, 0) is 31.2 Å². The lowest BCUT2D eigenvalue weighted by atomic mass is 10.2. The van der Waals surface area contributed by atoms with Crippen molar-refractivity contribution >= 4 is 50.3 Å². The van der Waals surface area contributed by atoms with Gasteiger partial charge in [0.2, 0.25) is 5.91 Å². The lowest BCUT2D eigenvalue weighted by Gasteiger charge is -2.08. The number of hydrogen-bond acceptors (Lipinski definition) is 7. The fourth-order valence-electron chi connectivity index (χ4n) is 3.17. The number of hydrogen-bond donors (Lipinski definition) is 2. The molecule has 0 radical (unpaired) electrons. The van der Waals surface area contributed by atoms with Gasteiger partial charge < -0.3 is 15.2 Å². The standard InChI is InChI=1S/C22H21FN6O2S2/c1-2-29-18(11-12-24-20(31)14-7-3-4-8-15(14)23)27-28-22(29)32-13-19(30)26-21-25-16-9-5-6-10-17(16)33-21/h3-10H,2,11-13H2,1H3,(H,24,31)(H,25,26,30). The monoisotopic (exact) mass is 484 g/mol. The molecule has 0 spiro atoms. The Balaban J connectivity index is 1.30. The molecule has 4 rings (SSSR count). The Labute approximate surface area is 197 Å². The maximum atomic E-state index is 13.7. The van der Waals surface area contributed by atoms with Crippen LogP contribution in [0.4, 0.5) is 9.52 Å². The molecule has 0 atom stereocenters. The minimum absolute atomic E-state index is 0.00448. The molecular weight excluding hydrogens is 463 g/mol. The molecule has 0 saturated heterocycles. The topological polar surface area (TPSA) is 102 Å². The fourth-order valence-corrected chi connectivity index (χ4v) is 4.87. The van der Waals surface area contributed by atoms with Crippen molar-refractivity contribution < 1.29 is 14.0 Å². The van der Waals surface area contributed by atoms with Crippen LogP contribution in [0.3, 0.4) is 0 Å². The van der Waals surface area contributed by atoms with E-state index in [9.17, 15) is 14.0 Å². The van der Waals surface area contributed by atoms with Crippen molar-refractivity contribution in [2.45, 2.75) is 25.0 Å². The van der Waals surface area contributed by atoms with E-state index in [0.29, 0.717) is 29.1 Å². The fraction of sp³-hybridized carbons (Fsp3) is 0.227.